The van der Waals surface area contributed by atoms with Crippen molar-refractivity contribution >= 4 is 57.2 Å². The number of amides is 2. The summed E-state index contributed by atoms with van der Waals surface area (Å²) < 4.78 is 6.64. The number of carbonyl (C=O) groups is 2. The van der Waals surface area contributed by atoms with E-state index in [1.54, 1.807) is 30.3 Å². The SMILES string of the molecule is CC[C@@H](C)NC(=O)C(=O)N/N=C\c1cc(Br)ccc1OCc1ccc(Cl)cc1Cl. The number of nitrogens with one attached hydrogen (secondary N) is 2. The maximum atomic E-state index is 11.8. The summed E-state index contributed by atoms with van der Waals surface area (Å²) in [4.78, 5) is 23.5. The van der Waals surface area contributed by atoms with Gasteiger partial charge in [-0.3, -0.25) is 9.59 Å². The Morgan fingerprint density at radius 1 is 1.21 bits per heavy atom. The molecule has 0 unspecified atom stereocenters. The minimum absolute atomic E-state index is 0.0954. The third kappa shape index (κ3) is 7.34. The van der Waals surface area contributed by atoms with E-state index in [-0.39, 0.29) is 12.6 Å². The fraction of sp³-hybridized carbons (Fsp3) is 0.250. The summed E-state index contributed by atoms with van der Waals surface area (Å²) in [5.41, 5.74) is 3.59. The fourth-order valence-electron chi connectivity index (χ4n) is 2.15. The molecule has 2 N–H and O–H groups in total. The van der Waals surface area contributed by atoms with Crippen LogP contribution in [0.1, 0.15) is 31.4 Å². The van der Waals surface area contributed by atoms with E-state index in [4.69, 9.17) is 27.9 Å². The Hall–Kier alpha value is -2.09. The number of hydrogen-bond acceptors (Lipinski definition) is 4. The van der Waals surface area contributed by atoms with Crippen LogP contribution in [0, 0.1) is 0 Å². The van der Waals surface area contributed by atoms with E-state index in [0.29, 0.717) is 21.4 Å². The number of carbonyl (C=O) groups excluding carboxylic acids is 2. The van der Waals surface area contributed by atoms with E-state index in [0.717, 1.165) is 16.5 Å². The van der Waals surface area contributed by atoms with Crippen LogP contribution in [0.4, 0.5) is 0 Å². The average Bonchev–Trinajstić information content (AvgIpc) is 2.68. The van der Waals surface area contributed by atoms with Gasteiger partial charge in [0.05, 0.1) is 6.21 Å². The Morgan fingerprint density at radius 2 is 1.97 bits per heavy atom. The lowest BCUT2D eigenvalue weighted by Gasteiger charge is -2.11. The van der Waals surface area contributed by atoms with Crippen LogP contribution in [0.3, 0.4) is 0 Å². The highest BCUT2D eigenvalue weighted by Gasteiger charge is 2.14. The summed E-state index contributed by atoms with van der Waals surface area (Å²) >= 11 is 15.5. The predicted octanol–water partition coefficient (Wildman–Crippen LogP) is 4.70. The highest BCUT2D eigenvalue weighted by Crippen LogP contribution is 2.25. The van der Waals surface area contributed by atoms with E-state index in [1.807, 2.05) is 19.9 Å². The van der Waals surface area contributed by atoms with Crippen LogP contribution in [0.15, 0.2) is 46.0 Å². The third-order valence-corrected chi connectivity index (χ3v) is 5.02. The van der Waals surface area contributed by atoms with Crippen molar-refractivity contribution < 1.29 is 14.3 Å². The second-order valence-electron chi connectivity index (χ2n) is 6.19. The lowest BCUT2D eigenvalue weighted by atomic mass is 10.2. The molecule has 2 aromatic rings. The Kier molecular flexibility index (Phi) is 8.95. The molecule has 2 aromatic carbocycles. The van der Waals surface area contributed by atoms with Crippen molar-refractivity contribution in [2.24, 2.45) is 5.10 Å². The Labute approximate surface area is 187 Å². The normalized spacial score (nSPS) is 11.9. The average molecular weight is 501 g/mol. The molecule has 0 aliphatic heterocycles. The quantitative estimate of drug-likeness (QED) is 0.328. The Morgan fingerprint density at radius 3 is 2.66 bits per heavy atom. The molecule has 9 heteroatoms. The number of benzene rings is 2. The molecular weight excluding hydrogens is 481 g/mol. The first-order valence-electron chi connectivity index (χ1n) is 8.80. The van der Waals surface area contributed by atoms with Gasteiger partial charge >= 0.3 is 11.8 Å². The Bertz CT molecular complexity index is 922. The van der Waals surface area contributed by atoms with Crippen LogP contribution >= 0.6 is 39.1 Å². The monoisotopic (exact) mass is 499 g/mol. The van der Waals surface area contributed by atoms with Gasteiger partial charge in [-0.25, -0.2) is 5.43 Å². The van der Waals surface area contributed by atoms with Crippen LogP contribution in [0.5, 0.6) is 5.75 Å². The second kappa shape index (κ2) is 11.2. The van der Waals surface area contributed by atoms with E-state index in [1.165, 1.54) is 6.21 Å². The molecule has 0 saturated carbocycles. The number of nitrogens with zero attached hydrogens (tertiary/aromatic N) is 1. The lowest BCUT2D eigenvalue weighted by Crippen LogP contribution is -2.41. The van der Waals surface area contributed by atoms with Gasteiger partial charge in [-0.05, 0) is 43.7 Å². The highest BCUT2D eigenvalue weighted by atomic mass is 79.9. The first-order valence-corrected chi connectivity index (χ1v) is 10.3. The van der Waals surface area contributed by atoms with Crippen molar-refractivity contribution in [1.29, 1.82) is 0 Å². The fourth-order valence-corrected chi connectivity index (χ4v) is 2.99. The molecule has 29 heavy (non-hydrogen) atoms. The molecule has 0 spiro atoms. The summed E-state index contributed by atoms with van der Waals surface area (Å²) in [6.45, 7) is 3.95. The minimum Gasteiger partial charge on any atom is -0.488 e. The summed E-state index contributed by atoms with van der Waals surface area (Å²) in [6.07, 6.45) is 2.12. The molecule has 154 valence electrons. The van der Waals surface area contributed by atoms with Gasteiger partial charge in [0.1, 0.15) is 12.4 Å². The van der Waals surface area contributed by atoms with Crippen molar-refractivity contribution in [3.05, 3.63) is 62.0 Å². The van der Waals surface area contributed by atoms with Gasteiger partial charge < -0.3 is 10.1 Å². The standard InChI is InChI=1S/C20H20BrCl2N3O3/c1-3-12(2)25-19(27)20(28)26-24-10-14-8-15(21)5-7-18(14)29-11-13-4-6-16(22)9-17(13)23/h4-10,12H,3,11H2,1-2H3,(H,25,27)(H,26,28)/b24-10-/t12-/m1/s1. The van der Waals surface area contributed by atoms with Crippen LogP contribution in [0.25, 0.3) is 0 Å². The highest BCUT2D eigenvalue weighted by molar-refractivity contribution is 9.10. The largest absolute Gasteiger partial charge is 0.488 e. The molecular formula is C20H20BrCl2N3O3. The van der Waals surface area contributed by atoms with Crippen molar-refractivity contribution in [3.63, 3.8) is 0 Å². The van der Waals surface area contributed by atoms with Gasteiger partial charge in [0.2, 0.25) is 0 Å². The zero-order valence-corrected chi connectivity index (χ0v) is 18.9. The maximum Gasteiger partial charge on any atom is 0.329 e. The molecule has 0 heterocycles. The summed E-state index contributed by atoms with van der Waals surface area (Å²) in [7, 11) is 0. The first-order chi connectivity index (χ1) is 13.8. The van der Waals surface area contributed by atoms with Gasteiger partial charge in [-0.15, -0.1) is 0 Å². The van der Waals surface area contributed by atoms with E-state index < -0.39 is 11.8 Å². The van der Waals surface area contributed by atoms with Crippen molar-refractivity contribution in [2.45, 2.75) is 32.9 Å². The van der Waals surface area contributed by atoms with Gasteiger partial charge in [-0.1, -0.05) is 52.1 Å². The first kappa shape index (κ1) is 23.2. The van der Waals surface area contributed by atoms with Crippen molar-refractivity contribution in [3.8, 4) is 5.75 Å². The molecule has 2 amide bonds. The Balaban J connectivity index is 2.05. The number of hydrogen-bond donors (Lipinski definition) is 2. The molecule has 0 aromatic heterocycles. The topological polar surface area (TPSA) is 79.8 Å². The van der Waals surface area contributed by atoms with Gasteiger partial charge in [0, 0.05) is 31.7 Å². The van der Waals surface area contributed by atoms with Crippen LogP contribution in [-0.2, 0) is 16.2 Å². The second-order valence-corrected chi connectivity index (χ2v) is 7.95. The molecule has 0 fully saturated rings. The molecule has 2 rings (SSSR count). The molecule has 6 nitrogen and oxygen atoms in total. The summed E-state index contributed by atoms with van der Waals surface area (Å²) in [6, 6.07) is 10.4. The van der Waals surface area contributed by atoms with E-state index >= 15 is 0 Å². The van der Waals surface area contributed by atoms with E-state index in [2.05, 4.69) is 31.8 Å². The van der Waals surface area contributed by atoms with Crippen LogP contribution in [-0.4, -0.2) is 24.1 Å². The van der Waals surface area contributed by atoms with Gasteiger partial charge in [0.15, 0.2) is 0 Å². The van der Waals surface area contributed by atoms with E-state index in [9.17, 15) is 9.59 Å². The molecule has 1 atom stereocenters. The number of halogens is 3. The molecule has 0 bridgehead atoms. The molecule has 0 saturated heterocycles. The van der Waals surface area contributed by atoms with Crippen LogP contribution < -0.4 is 15.5 Å². The van der Waals surface area contributed by atoms with Gasteiger partial charge in [0.25, 0.3) is 0 Å². The van der Waals surface area contributed by atoms with Crippen LogP contribution in [0.2, 0.25) is 10.0 Å². The third-order valence-electron chi connectivity index (χ3n) is 3.94. The summed E-state index contributed by atoms with van der Waals surface area (Å²) in [5, 5.41) is 7.47. The molecule has 0 aliphatic rings. The summed E-state index contributed by atoms with van der Waals surface area (Å²) in [5.74, 6) is -1.05. The minimum atomic E-state index is -0.841. The zero-order chi connectivity index (χ0) is 21.4. The predicted molar refractivity (Wildman–Crippen MR) is 119 cm³/mol. The van der Waals surface area contributed by atoms with Crippen molar-refractivity contribution in [1.82, 2.24) is 10.7 Å². The number of hydrazone groups is 1. The van der Waals surface area contributed by atoms with Gasteiger partial charge in [-0.2, -0.15) is 5.10 Å². The lowest BCUT2D eigenvalue weighted by molar-refractivity contribution is -0.139. The smallest absolute Gasteiger partial charge is 0.329 e. The number of ether oxygens (including phenoxy) is 1. The maximum absolute atomic E-state index is 11.8. The molecule has 0 aliphatic carbocycles. The number of rotatable bonds is 7. The molecule has 0 radical (unpaired) electrons. The zero-order valence-electron chi connectivity index (χ0n) is 15.8. The van der Waals surface area contributed by atoms with Crippen molar-refractivity contribution in [2.75, 3.05) is 0 Å².